The summed E-state index contributed by atoms with van der Waals surface area (Å²) in [6.07, 6.45) is 0.506. The van der Waals surface area contributed by atoms with Gasteiger partial charge in [-0.05, 0) is 25.5 Å². The molecule has 2 N–H and O–H groups in total. The van der Waals surface area contributed by atoms with E-state index in [1.807, 2.05) is 38.1 Å². The third-order valence-electron chi connectivity index (χ3n) is 2.49. The van der Waals surface area contributed by atoms with Crippen LogP contribution in [0.5, 0.6) is 0 Å². The molecule has 0 atom stereocenters. The van der Waals surface area contributed by atoms with Gasteiger partial charge in [-0.15, -0.1) is 0 Å². The zero-order valence-corrected chi connectivity index (χ0v) is 9.16. The molecule has 1 aromatic carbocycles. The summed E-state index contributed by atoms with van der Waals surface area (Å²) in [4.78, 5) is 13.6. The molecule has 1 aliphatic heterocycles. The largest absolute Gasteiger partial charge is 0.324 e. The summed E-state index contributed by atoms with van der Waals surface area (Å²) in [6, 6.07) is 7.89. The average Bonchev–Trinajstić information content (AvgIpc) is 2.41. The van der Waals surface area contributed by atoms with Crippen molar-refractivity contribution in [2.75, 3.05) is 11.4 Å². The van der Waals surface area contributed by atoms with E-state index < -0.39 is 0 Å². The standard InChI is InChI=1S/C12H16N2O/c1-12(2,13)8-14-10-6-4-3-5-9(10)7-11(14)15/h3-6H,7-8,13H2,1-2H3. The van der Waals surface area contributed by atoms with Gasteiger partial charge in [-0.2, -0.15) is 0 Å². The van der Waals surface area contributed by atoms with Crippen LogP contribution in [0.4, 0.5) is 5.69 Å². The molecule has 3 nitrogen and oxygen atoms in total. The van der Waals surface area contributed by atoms with Gasteiger partial charge in [-0.25, -0.2) is 0 Å². The Morgan fingerprint density at radius 3 is 2.73 bits per heavy atom. The van der Waals surface area contributed by atoms with Crippen LogP contribution in [0, 0.1) is 0 Å². The van der Waals surface area contributed by atoms with E-state index in [4.69, 9.17) is 5.73 Å². The second-order valence-corrected chi connectivity index (χ2v) is 4.77. The van der Waals surface area contributed by atoms with Crippen LogP contribution in [0.2, 0.25) is 0 Å². The summed E-state index contributed by atoms with van der Waals surface area (Å²) in [5.41, 5.74) is 7.71. The van der Waals surface area contributed by atoms with Crippen LogP contribution in [0.3, 0.4) is 0 Å². The molecule has 0 unspecified atom stereocenters. The first-order chi connectivity index (χ1) is 6.97. The normalized spacial score (nSPS) is 15.7. The molecule has 1 aromatic rings. The van der Waals surface area contributed by atoms with Crippen molar-refractivity contribution in [1.82, 2.24) is 0 Å². The van der Waals surface area contributed by atoms with E-state index in [0.29, 0.717) is 13.0 Å². The Morgan fingerprint density at radius 2 is 2.07 bits per heavy atom. The number of benzene rings is 1. The monoisotopic (exact) mass is 204 g/mol. The highest BCUT2D eigenvalue weighted by molar-refractivity contribution is 6.01. The molecule has 1 amide bonds. The lowest BCUT2D eigenvalue weighted by molar-refractivity contribution is -0.117. The minimum absolute atomic E-state index is 0.148. The Kier molecular flexibility index (Phi) is 2.27. The summed E-state index contributed by atoms with van der Waals surface area (Å²) >= 11 is 0. The van der Waals surface area contributed by atoms with Crippen LogP contribution >= 0.6 is 0 Å². The Hall–Kier alpha value is -1.35. The Balaban J connectivity index is 2.30. The number of para-hydroxylation sites is 1. The van der Waals surface area contributed by atoms with E-state index in [9.17, 15) is 4.79 Å². The van der Waals surface area contributed by atoms with Crippen LogP contribution in [0.15, 0.2) is 24.3 Å². The fraction of sp³-hybridized carbons (Fsp3) is 0.417. The average molecular weight is 204 g/mol. The molecular formula is C12H16N2O. The molecule has 0 radical (unpaired) electrons. The summed E-state index contributed by atoms with van der Waals surface area (Å²) in [5.74, 6) is 0.148. The number of hydrogen-bond donors (Lipinski definition) is 1. The summed E-state index contributed by atoms with van der Waals surface area (Å²) in [7, 11) is 0. The highest BCUT2D eigenvalue weighted by Crippen LogP contribution is 2.29. The number of nitrogens with two attached hydrogens (primary N) is 1. The predicted molar refractivity (Wildman–Crippen MR) is 60.8 cm³/mol. The molecule has 1 heterocycles. The molecule has 3 heteroatoms. The summed E-state index contributed by atoms with van der Waals surface area (Å²) < 4.78 is 0. The van der Waals surface area contributed by atoms with Gasteiger partial charge in [0, 0.05) is 17.8 Å². The van der Waals surface area contributed by atoms with Crippen molar-refractivity contribution in [3.05, 3.63) is 29.8 Å². The maximum absolute atomic E-state index is 11.8. The van der Waals surface area contributed by atoms with E-state index in [-0.39, 0.29) is 11.4 Å². The third kappa shape index (κ3) is 2.02. The van der Waals surface area contributed by atoms with E-state index in [1.165, 1.54) is 0 Å². The second-order valence-electron chi connectivity index (χ2n) is 4.77. The van der Waals surface area contributed by atoms with Crippen molar-refractivity contribution in [2.45, 2.75) is 25.8 Å². The molecule has 2 rings (SSSR count). The molecule has 0 spiro atoms. The van der Waals surface area contributed by atoms with Crippen LogP contribution < -0.4 is 10.6 Å². The van der Waals surface area contributed by atoms with E-state index in [0.717, 1.165) is 11.3 Å². The van der Waals surface area contributed by atoms with Crippen LogP contribution in [-0.2, 0) is 11.2 Å². The minimum atomic E-state index is -0.354. The number of fused-ring (bicyclic) bond motifs is 1. The number of nitrogens with zero attached hydrogens (tertiary/aromatic N) is 1. The molecule has 15 heavy (non-hydrogen) atoms. The molecule has 0 saturated heterocycles. The lowest BCUT2D eigenvalue weighted by Gasteiger charge is -2.26. The third-order valence-corrected chi connectivity index (χ3v) is 2.49. The number of amides is 1. The first-order valence-corrected chi connectivity index (χ1v) is 5.14. The van der Waals surface area contributed by atoms with Crippen molar-refractivity contribution in [3.63, 3.8) is 0 Å². The van der Waals surface area contributed by atoms with Gasteiger partial charge in [-0.3, -0.25) is 4.79 Å². The van der Waals surface area contributed by atoms with Gasteiger partial charge in [0.05, 0.1) is 6.42 Å². The van der Waals surface area contributed by atoms with Gasteiger partial charge in [0.15, 0.2) is 0 Å². The fourth-order valence-electron chi connectivity index (χ4n) is 1.90. The fourth-order valence-corrected chi connectivity index (χ4v) is 1.90. The van der Waals surface area contributed by atoms with Gasteiger partial charge in [0.1, 0.15) is 0 Å². The van der Waals surface area contributed by atoms with E-state index in [2.05, 4.69) is 0 Å². The molecule has 1 aliphatic rings. The predicted octanol–water partition coefficient (Wildman–Crippen LogP) is 1.31. The van der Waals surface area contributed by atoms with E-state index >= 15 is 0 Å². The van der Waals surface area contributed by atoms with E-state index in [1.54, 1.807) is 4.90 Å². The lowest BCUT2D eigenvalue weighted by atomic mass is 10.1. The van der Waals surface area contributed by atoms with Crippen molar-refractivity contribution < 1.29 is 4.79 Å². The van der Waals surface area contributed by atoms with Crippen LogP contribution in [0.1, 0.15) is 19.4 Å². The van der Waals surface area contributed by atoms with Crippen molar-refractivity contribution >= 4 is 11.6 Å². The minimum Gasteiger partial charge on any atom is -0.324 e. The Morgan fingerprint density at radius 1 is 1.40 bits per heavy atom. The molecule has 0 fully saturated rings. The number of rotatable bonds is 2. The summed E-state index contributed by atoms with van der Waals surface area (Å²) in [6.45, 7) is 4.44. The zero-order valence-electron chi connectivity index (χ0n) is 9.16. The van der Waals surface area contributed by atoms with Gasteiger partial charge in [-0.1, -0.05) is 18.2 Å². The second kappa shape index (κ2) is 3.35. The van der Waals surface area contributed by atoms with Crippen molar-refractivity contribution in [3.8, 4) is 0 Å². The smallest absolute Gasteiger partial charge is 0.231 e. The quantitative estimate of drug-likeness (QED) is 0.789. The first-order valence-electron chi connectivity index (χ1n) is 5.14. The number of carbonyl (C=O) groups excluding carboxylic acids is 1. The van der Waals surface area contributed by atoms with Crippen molar-refractivity contribution in [1.29, 1.82) is 0 Å². The highest BCUT2D eigenvalue weighted by Gasteiger charge is 2.29. The topological polar surface area (TPSA) is 46.3 Å². The molecule has 0 aliphatic carbocycles. The van der Waals surface area contributed by atoms with Crippen molar-refractivity contribution in [2.24, 2.45) is 5.73 Å². The van der Waals surface area contributed by atoms with Gasteiger partial charge >= 0.3 is 0 Å². The SMILES string of the molecule is CC(C)(N)CN1C(=O)Cc2ccccc21. The first kappa shape index (κ1) is 10.2. The maximum Gasteiger partial charge on any atom is 0.231 e. The number of carbonyl (C=O) groups is 1. The Bertz CT molecular complexity index is 393. The summed E-state index contributed by atoms with van der Waals surface area (Å²) in [5, 5.41) is 0. The molecule has 0 saturated carbocycles. The van der Waals surface area contributed by atoms with Crippen LogP contribution in [-0.4, -0.2) is 18.0 Å². The maximum atomic E-state index is 11.8. The van der Waals surface area contributed by atoms with Gasteiger partial charge < -0.3 is 10.6 Å². The van der Waals surface area contributed by atoms with Gasteiger partial charge in [0.2, 0.25) is 5.91 Å². The van der Waals surface area contributed by atoms with Gasteiger partial charge in [0.25, 0.3) is 0 Å². The zero-order chi connectivity index (χ0) is 11.1. The van der Waals surface area contributed by atoms with Crippen LogP contribution in [0.25, 0.3) is 0 Å². The lowest BCUT2D eigenvalue weighted by Crippen LogP contribution is -2.46. The Labute approximate surface area is 89.9 Å². The molecular weight excluding hydrogens is 188 g/mol. The molecule has 0 aromatic heterocycles. The number of anilines is 1. The molecule has 80 valence electrons. The highest BCUT2D eigenvalue weighted by atomic mass is 16.2. The number of hydrogen-bond acceptors (Lipinski definition) is 2. The molecule has 0 bridgehead atoms.